The Bertz CT molecular complexity index is 410. The molecule has 0 aliphatic rings. The monoisotopic (exact) mass is 252 g/mol. The highest BCUT2D eigenvalue weighted by Gasteiger charge is 2.16. The SMILES string of the molecule is CCn1c(C)cc(C(=O)NC(C)CCCO)c1C. The average Bonchev–Trinajstić information content (AvgIpc) is 2.61. The third-order valence-corrected chi connectivity index (χ3v) is 3.31. The van der Waals surface area contributed by atoms with Crippen molar-refractivity contribution in [3.63, 3.8) is 0 Å². The van der Waals surface area contributed by atoms with Crippen molar-refractivity contribution in [2.45, 2.75) is 53.1 Å². The first-order valence-electron chi connectivity index (χ1n) is 6.59. The molecule has 0 saturated heterocycles. The lowest BCUT2D eigenvalue weighted by molar-refractivity contribution is 0.0935. The lowest BCUT2D eigenvalue weighted by Crippen LogP contribution is -2.32. The van der Waals surface area contributed by atoms with E-state index in [2.05, 4.69) is 16.8 Å². The molecular weight excluding hydrogens is 228 g/mol. The van der Waals surface area contributed by atoms with Gasteiger partial charge in [-0.3, -0.25) is 4.79 Å². The fourth-order valence-corrected chi connectivity index (χ4v) is 2.29. The topological polar surface area (TPSA) is 54.3 Å². The molecule has 1 aromatic rings. The Labute approximate surface area is 109 Å². The Morgan fingerprint density at radius 2 is 2.17 bits per heavy atom. The molecular formula is C14H24N2O2. The van der Waals surface area contributed by atoms with Gasteiger partial charge in [-0.05, 0) is 46.6 Å². The molecule has 0 saturated carbocycles. The van der Waals surface area contributed by atoms with Crippen LogP contribution in [-0.4, -0.2) is 28.2 Å². The molecule has 4 nitrogen and oxygen atoms in total. The summed E-state index contributed by atoms with van der Waals surface area (Å²) in [5.41, 5.74) is 2.88. The smallest absolute Gasteiger partial charge is 0.253 e. The van der Waals surface area contributed by atoms with Crippen molar-refractivity contribution in [3.05, 3.63) is 23.0 Å². The van der Waals surface area contributed by atoms with Crippen molar-refractivity contribution < 1.29 is 9.90 Å². The second kappa shape index (κ2) is 6.59. The van der Waals surface area contributed by atoms with Crippen LogP contribution in [0.25, 0.3) is 0 Å². The van der Waals surface area contributed by atoms with E-state index in [0.29, 0.717) is 0 Å². The molecule has 4 heteroatoms. The van der Waals surface area contributed by atoms with E-state index in [0.717, 1.165) is 36.3 Å². The third kappa shape index (κ3) is 3.35. The second-order valence-electron chi connectivity index (χ2n) is 4.77. The van der Waals surface area contributed by atoms with Crippen molar-refractivity contribution >= 4 is 5.91 Å². The van der Waals surface area contributed by atoms with Crippen LogP contribution in [0.5, 0.6) is 0 Å². The Morgan fingerprint density at radius 1 is 1.50 bits per heavy atom. The third-order valence-electron chi connectivity index (χ3n) is 3.31. The Balaban J connectivity index is 2.73. The number of aliphatic hydroxyl groups is 1. The largest absolute Gasteiger partial charge is 0.396 e. The molecule has 2 N–H and O–H groups in total. The number of carbonyl (C=O) groups excluding carboxylic acids is 1. The van der Waals surface area contributed by atoms with Gasteiger partial charge in [0.15, 0.2) is 0 Å². The van der Waals surface area contributed by atoms with E-state index in [1.54, 1.807) is 0 Å². The van der Waals surface area contributed by atoms with Crippen molar-refractivity contribution in [1.82, 2.24) is 9.88 Å². The molecule has 1 amide bonds. The van der Waals surface area contributed by atoms with Gasteiger partial charge in [-0.1, -0.05) is 0 Å². The molecule has 1 aromatic heterocycles. The minimum absolute atomic E-state index is 0.0201. The summed E-state index contributed by atoms with van der Waals surface area (Å²) in [7, 11) is 0. The van der Waals surface area contributed by atoms with Crippen LogP contribution in [0, 0.1) is 13.8 Å². The summed E-state index contributed by atoms with van der Waals surface area (Å²) in [4.78, 5) is 12.1. The number of hydrogen-bond donors (Lipinski definition) is 2. The standard InChI is InChI=1S/C14H24N2O2/c1-5-16-11(3)9-13(12(16)4)14(18)15-10(2)7-6-8-17/h9-10,17H,5-8H2,1-4H3,(H,15,18). The van der Waals surface area contributed by atoms with Gasteiger partial charge in [-0.2, -0.15) is 0 Å². The molecule has 18 heavy (non-hydrogen) atoms. The molecule has 0 aliphatic carbocycles. The molecule has 1 unspecified atom stereocenters. The van der Waals surface area contributed by atoms with Crippen LogP contribution in [0.4, 0.5) is 0 Å². The normalized spacial score (nSPS) is 12.5. The summed E-state index contributed by atoms with van der Waals surface area (Å²) in [6, 6.07) is 2.03. The predicted octanol–water partition coefficient (Wildman–Crippen LogP) is 2.02. The lowest BCUT2D eigenvalue weighted by atomic mass is 10.1. The van der Waals surface area contributed by atoms with E-state index in [4.69, 9.17) is 5.11 Å². The minimum atomic E-state index is -0.0201. The van der Waals surface area contributed by atoms with Gasteiger partial charge < -0.3 is 15.0 Å². The van der Waals surface area contributed by atoms with Gasteiger partial charge in [-0.15, -0.1) is 0 Å². The molecule has 0 fully saturated rings. The maximum Gasteiger partial charge on any atom is 0.253 e. The number of hydrogen-bond acceptors (Lipinski definition) is 2. The zero-order valence-electron chi connectivity index (χ0n) is 11.8. The van der Waals surface area contributed by atoms with E-state index in [1.165, 1.54) is 0 Å². The fraction of sp³-hybridized carbons (Fsp3) is 0.643. The minimum Gasteiger partial charge on any atom is -0.396 e. The maximum absolute atomic E-state index is 12.1. The van der Waals surface area contributed by atoms with Crippen LogP contribution in [0.15, 0.2) is 6.07 Å². The summed E-state index contributed by atoms with van der Waals surface area (Å²) < 4.78 is 2.13. The first-order valence-corrected chi connectivity index (χ1v) is 6.59. The number of aryl methyl sites for hydroxylation is 1. The highest BCUT2D eigenvalue weighted by atomic mass is 16.3. The van der Waals surface area contributed by atoms with Crippen molar-refractivity contribution in [2.75, 3.05) is 6.61 Å². The summed E-state index contributed by atoms with van der Waals surface area (Å²) in [5.74, 6) is -0.0201. The van der Waals surface area contributed by atoms with E-state index < -0.39 is 0 Å². The summed E-state index contributed by atoms with van der Waals surface area (Å²) in [5, 5.41) is 11.7. The van der Waals surface area contributed by atoms with Crippen LogP contribution >= 0.6 is 0 Å². The number of nitrogens with one attached hydrogen (secondary N) is 1. The zero-order chi connectivity index (χ0) is 13.7. The highest BCUT2D eigenvalue weighted by Crippen LogP contribution is 2.15. The van der Waals surface area contributed by atoms with Crippen LogP contribution < -0.4 is 5.32 Å². The van der Waals surface area contributed by atoms with Crippen LogP contribution in [0.1, 0.15) is 48.4 Å². The Morgan fingerprint density at radius 3 is 2.67 bits per heavy atom. The van der Waals surface area contributed by atoms with Gasteiger partial charge >= 0.3 is 0 Å². The predicted molar refractivity (Wildman–Crippen MR) is 72.8 cm³/mol. The molecule has 1 atom stereocenters. The van der Waals surface area contributed by atoms with Gasteiger partial charge in [0.25, 0.3) is 5.91 Å². The van der Waals surface area contributed by atoms with Crippen LogP contribution in [0.3, 0.4) is 0 Å². The molecule has 0 spiro atoms. The number of nitrogens with zero attached hydrogens (tertiary/aromatic N) is 1. The van der Waals surface area contributed by atoms with Gasteiger partial charge in [0.2, 0.25) is 0 Å². The number of aromatic nitrogens is 1. The van der Waals surface area contributed by atoms with Crippen molar-refractivity contribution in [2.24, 2.45) is 0 Å². The van der Waals surface area contributed by atoms with E-state index in [-0.39, 0.29) is 18.6 Å². The average molecular weight is 252 g/mol. The quantitative estimate of drug-likeness (QED) is 0.813. The summed E-state index contributed by atoms with van der Waals surface area (Å²) in [6.07, 6.45) is 1.52. The maximum atomic E-state index is 12.1. The van der Waals surface area contributed by atoms with E-state index in [1.807, 2.05) is 26.8 Å². The highest BCUT2D eigenvalue weighted by molar-refractivity contribution is 5.95. The van der Waals surface area contributed by atoms with Gasteiger partial charge in [0.1, 0.15) is 0 Å². The van der Waals surface area contributed by atoms with E-state index >= 15 is 0 Å². The fourth-order valence-electron chi connectivity index (χ4n) is 2.29. The van der Waals surface area contributed by atoms with Gasteiger partial charge in [-0.25, -0.2) is 0 Å². The summed E-state index contributed by atoms with van der Waals surface area (Å²) >= 11 is 0. The van der Waals surface area contributed by atoms with Crippen LogP contribution in [-0.2, 0) is 6.54 Å². The molecule has 1 rings (SSSR count). The first-order chi connectivity index (χ1) is 8.51. The molecule has 0 bridgehead atoms. The molecule has 102 valence electrons. The molecule has 0 aliphatic heterocycles. The van der Waals surface area contributed by atoms with Gasteiger partial charge in [0.05, 0.1) is 5.56 Å². The second-order valence-corrected chi connectivity index (χ2v) is 4.77. The zero-order valence-corrected chi connectivity index (χ0v) is 11.8. The number of amides is 1. The molecule has 0 aromatic carbocycles. The molecule has 0 radical (unpaired) electrons. The number of carbonyl (C=O) groups is 1. The van der Waals surface area contributed by atoms with E-state index in [9.17, 15) is 4.79 Å². The Hall–Kier alpha value is -1.29. The lowest BCUT2D eigenvalue weighted by Gasteiger charge is -2.13. The Kier molecular flexibility index (Phi) is 5.41. The summed E-state index contributed by atoms with van der Waals surface area (Å²) in [6.45, 7) is 9.08. The number of aliphatic hydroxyl groups excluding tert-OH is 1. The number of rotatable bonds is 6. The van der Waals surface area contributed by atoms with Gasteiger partial charge in [0, 0.05) is 30.6 Å². The molecule has 1 heterocycles. The van der Waals surface area contributed by atoms with Crippen molar-refractivity contribution in [3.8, 4) is 0 Å². The van der Waals surface area contributed by atoms with Crippen LogP contribution in [0.2, 0.25) is 0 Å². The van der Waals surface area contributed by atoms with Crippen molar-refractivity contribution in [1.29, 1.82) is 0 Å². The first kappa shape index (κ1) is 14.8.